The van der Waals surface area contributed by atoms with E-state index in [0.29, 0.717) is 18.1 Å². The molecule has 2 aromatic rings. The van der Waals surface area contributed by atoms with Crippen LogP contribution in [0.2, 0.25) is 0 Å². The topological polar surface area (TPSA) is 75.7 Å². The molecule has 0 saturated carbocycles. The van der Waals surface area contributed by atoms with Crippen molar-refractivity contribution in [3.05, 3.63) is 48.2 Å². The van der Waals surface area contributed by atoms with Gasteiger partial charge in [-0.2, -0.15) is 0 Å². The summed E-state index contributed by atoms with van der Waals surface area (Å²) in [6, 6.07) is 11.0. The standard InChI is InChI=1S/C18H24N4O3/c1-22(2)16(13-5-8-15(24-3)9-6-13)12-20-18(23)21-14-7-10-17(25-4)19-11-14/h5-11,16H,12H2,1-4H3,(H2,20,21,23)/t16-/m0/s1. The van der Waals surface area contributed by atoms with Gasteiger partial charge in [0.1, 0.15) is 5.75 Å². The number of carbonyl (C=O) groups excluding carboxylic acids is 1. The SMILES string of the molecule is COc1ccc([C@H](CNC(=O)Nc2ccc(OC)nc2)N(C)C)cc1. The van der Waals surface area contributed by atoms with Crippen molar-refractivity contribution in [1.82, 2.24) is 15.2 Å². The highest BCUT2D eigenvalue weighted by Gasteiger charge is 2.15. The molecule has 0 spiro atoms. The Bertz CT molecular complexity index is 672. The predicted molar refractivity (Wildman–Crippen MR) is 97.2 cm³/mol. The van der Waals surface area contributed by atoms with Gasteiger partial charge in [-0.3, -0.25) is 0 Å². The van der Waals surface area contributed by atoms with Crippen molar-refractivity contribution in [3.8, 4) is 11.6 Å². The van der Waals surface area contributed by atoms with Gasteiger partial charge in [-0.05, 0) is 37.9 Å². The smallest absolute Gasteiger partial charge is 0.319 e. The highest BCUT2D eigenvalue weighted by molar-refractivity contribution is 5.89. The Labute approximate surface area is 148 Å². The molecule has 0 bridgehead atoms. The number of hydrogen-bond acceptors (Lipinski definition) is 5. The van der Waals surface area contributed by atoms with Gasteiger partial charge >= 0.3 is 6.03 Å². The summed E-state index contributed by atoms with van der Waals surface area (Å²) in [4.78, 5) is 18.2. The molecule has 1 heterocycles. The van der Waals surface area contributed by atoms with Gasteiger partial charge in [0.2, 0.25) is 5.88 Å². The zero-order chi connectivity index (χ0) is 18.2. The van der Waals surface area contributed by atoms with Gasteiger partial charge in [-0.15, -0.1) is 0 Å². The number of hydrogen-bond donors (Lipinski definition) is 2. The lowest BCUT2D eigenvalue weighted by Gasteiger charge is -2.25. The van der Waals surface area contributed by atoms with E-state index in [0.717, 1.165) is 11.3 Å². The first-order valence-electron chi connectivity index (χ1n) is 7.88. The van der Waals surface area contributed by atoms with Crippen LogP contribution in [0.3, 0.4) is 0 Å². The quantitative estimate of drug-likeness (QED) is 0.807. The van der Waals surface area contributed by atoms with Crippen LogP contribution >= 0.6 is 0 Å². The Balaban J connectivity index is 1.93. The second-order valence-corrected chi connectivity index (χ2v) is 5.68. The molecule has 1 aromatic heterocycles. The number of nitrogens with one attached hydrogen (secondary N) is 2. The lowest BCUT2D eigenvalue weighted by molar-refractivity contribution is 0.243. The molecule has 7 heteroatoms. The molecule has 0 radical (unpaired) electrons. The van der Waals surface area contributed by atoms with Crippen molar-refractivity contribution >= 4 is 11.7 Å². The van der Waals surface area contributed by atoms with Gasteiger partial charge in [0.15, 0.2) is 0 Å². The van der Waals surface area contributed by atoms with E-state index >= 15 is 0 Å². The molecular formula is C18H24N4O3. The first kappa shape index (κ1) is 18.5. The Morgan fingerprint density at radius 3 is 2.36 bits per heavy atom. The first-order chi connectivity index (χ1) is 12.0. The molecule has 0 unspecified atom stereocenters. The number of rotatable bonds is 7. The second kappa shape index (κ2) is 8.89. The summed E-state index contributed by atoms with van der Waals surface area (Å²) in [5.41, 5.74) is 1.70. The van der Waals surface area contributed by atoms with E-state index in [4.69, 9.17) is 9.47 Å². The number of amides is 2. The third kappa shape index (κ3) is 5.36. The molecule has 0 aliphatic heterocycles. The first-order valence-corrected chi connectivity index (χ1v) is 7.88. The molecular weight excluding hydrogens is 320 g/mol. The van der Waals surface area contributed by atoms with E-state index in [9.17, 15) is 4.79 Å². The average molecular weight is 344 g/mol. The van der Waals surface area contributed by atoms with E-state index in [-0.39, 0.29) is 12.1 Å². The fraction of sp³-hybridized carbons (Fsp3) is 0.333. The van der Waals surface area contributed by atoms with Crippen LogP contribution in [0, 0.1) is 0 Å². The van der Waals surface area contributed by atoms with Crippen LogP contribution < -0.4 is 20.1 Å². The van der Waals surface area contributed by atoms with Gasteiger partial charge in [0.25, 0.3) is 0 Å². The molecule has 0 aliphatic carbocycles. The van der Waals surface area contributed by atoms with Gasteiger partial charge in [0, 0.05) is 12.6 Å². The minimum atomic E-state index is -0.285. The molecule has 2 N–H and O–H groups in total. The van der Waals surface area contributed by atoms with Crippen molar-refractivity contribution in [3.63, 3.8) is 0 Å². The Morgan fingerprint density at radius 1 is 1.12 bits per heavy atom. The molecule has 0 saturated heterocycles. The summed E-state index contributed by atoms with van der Waals surface area (Å²) < 4.78 is 10.2. The zero-order valence-electron chi connectivity index (χ0n) is 14.9. The van der Waals surface area contributed by atoms with Crippen molar-refractivity contribution < 1.29 is 14.3 Å². The molecule has 25 heavy (non-hydrogen) atoms. The van der Waals surface area contributed by atoms with Crippen LogP contribution in [0.15, 0.2) is 42.6 Å². The van der Waals surface area contributed by atoms with Crippen molar-refractivity contribution in [1.29, 1.82) is 0 Å². The molecule has 1 atom stereocenters. The normalized spacial score (nSPS) is 11.7. The largest absolute Gasteiger partial charge is 0.497 e. The fourth-order valence-electron chi connectivity index (χ4n) is 2.36. The van der Waals surface area contributed by atoms with Crippen LogP contribution in [0.4, 0.5) is 10.5 Å². The van der Waals surface area contributed by atoms with E-state index in [1.807, 2.05) is 38.4 Å². The Kier molecular flexibility index (Phi) is 6.59. The number of urea groups is 1. The van der Waals surface area contributed by atoms with Crippen molar-refractivity contribution in [2.45, 2.75) is 6.04 Å². The number of ether oxygens (including phenoxy) is 2. The van der Waals surface area contributed by atoms with E-state index in [1.54, 1.807) is 32.5 Å². The van der Waals surface area contributed by atoms with E-state index in [1.165, 1.54) is 0 Å². The van der Waals surface area contributed by atoms with Crippen LogP contribution in [-0.2, 0) is 0 Å². The second-order valence-electron chi connectivity index (χ2n) is 5.68. The summed E-state index contributed by atoms with van der Waals surface area (Å²) in [7, 11) is 7.13. The summed E-state index contributed by atoms with van der Waals surface area (Å²) in [6.45, 7) is 0.467. The van der Waals surface area contributed by atoms with Gasteiger partial charge in [-0.25, -0.2) is 9.78 Å². The molecule has 134 valence electrons. The zero-order valence-corrected chi connectivity index (χ0v) is 14.9. The van der Waals surface area contributed by atoms with Crippen molar-refractivity contribution in [2.75, 3.05) is 40.2 Å². The van der Waals surface area contributed by atoms with E-state index in [2.05, 4.69) is 20.5 Å². The fourth-order valence-corrected chi connectivity index (χ4v) is 2.36. The minimum absolute atomic E-state index is 0.0469. The maximum atomic E-state index is 12.1. The van der Waals surface area contributed by atoms with Crippen molar-refractivity contribution in [2.24, 2.45) is 0 Å². The number of anilines is 1. The number of likely N-dealkylation sites (N-methyl/N-ethyl adjacent to an activating group) is 1. The van der Waals surface area contributed by atoms with Crippen LogP contribution in [0.25, 0.3) is 0 Å². The number of aromatic nitrogens is 1. The molecule has 7 nitrogen and oxygen atoms in total. The number of pyridine rings is 1. The summed E-state index contributed by atoms with van der Waals surface area (Å²) in [5.74, 6) is 1.30. The number of methoxy groups -OCH3 is 2. The maximum absolute atomic E-state index is 12.1. The summed E-state index contributed by atoms with van der Waals surface area (Å²) in [5, 5.41) is 5.64. The highest BCUT2D eigenvalue weighted by Crippen LogP contribution is 2.20. The Morgan fingerprint density at radius 2 is 1.84 bits per heavy atom. The average Bonchev–Trinajstić information content (AvgIpc) is 2.62. The monoisotopic (exact) mass is 344 g/mol. The lowest BCUT2D eigenvalue weighted by atomic mass is 10.1. The molecule has 1 aromatic carbocycles. The molecule has 0 aliphatic rings. The number of nitrogens with zero attached hydrogens (tertiary/aromatic N) is 2. The van der Waals surface area contributed by atoms with Crippen LogP contribution in [0.5, 0.6) is 11.6 Å². The lowest BCUT2D eigenvalue weighted by Crippen LogP contribution is -2.36. The van der Waals surface area contributed by atoms with E-state index < -0.39 is 0 Å². The minimum Gasteiger partial charge on any atom is -0.497 e. The van der Waals surface area contributed by atoms with Crippen LogP contribution in [0.1, 0.15) is 11.6 Å². The molecule has 2 amide bonds. The van der Waals surface area contributed by atoms with Gasteiger partial charge < -0.3 is 25.0 Å². The predicted octanol–water partition coefficient (Wildman–Crippen LogP) is 2.52. The third-order valence-electron chi connectivity index (χ3n) is 3.78. The van der Waals surface area contributed by atoms with Gasteiger partial charge in [-0.1, -0.05) is 12.1 Å². The Hall–Kier alpha value is -2.80. The highest BCUT2D eigenvalue weighted by atomic mass is 16.5. The number of carbonyl (C=O) groups is 1. The maximum Gasteiger partial charge on any atom is 0.319 e. The summed E-state index contributed by atoms with van der Waals surface area (Å²) >= 11 is 0. The molecule has 2 rings (SSSR count). The number of benzene rings is 1. The van der Waals surface area contributed by atoms with Crippen LogP contribution in [-0.4, -0.2) is 50.8 Å². The third-order valence-corrected chi connectivity index (χ3v) is 3.78. The van der Waals surface area contributed by atoms with Gasteiger partial charge in [0.05, 0.1) is 32.1 Å². The summed E-state index contributed by atoms with van der Waals surface area (Å²) in [6.07, 6.45) is 1.55. The molecule has 0 fully saturated rings.